The van der Waals surface area contributed by atoms with E-state index in [9.17, 15) is 4.79 Å². The first kappa shape index (κ1) is 20.4. The van der Waals surface area contributed by atoms with Gasteiger partial charge in [0.1, 0.15) is 18.2 Å². The molecule has 0 bridgehead atoms. The molecule has 1 aliphatic rings. The van der Waals surface area contributed by atoms with Gasteiger partial charge in [-0.1, -0.05) is 6.07 Å². The number of halogens is 2. The highest BCUT2D eigenvalue weighted by atomic mass is 35.5. The summed E-state index contributed by atoms with van der Waals surface area (Å²) in [6, 6.07) is 3.48. The van der Waals surface area contributed by atoms with Crippen LogP contribution in [-0.2, 0) is 16.1 Å². The zero-order chi connectivity index (χ0) is 15.4. The predicted octanol–water partition coefficient (Wildman–Crippen LogP) is 1.10. The molecule has 1 amide bonds. The van der Waals surface area contributed by atoms with Crippen LogP contribution in [0.3, 0.4) is 0 Å². The molecule has 0 saturated carbocycles. The SMILES string of the molecule is C[C@H]1OCCN[C@@H]1C(=O)NCc1cccnc1-n1ccnc1.Cl.Cl. The normalized spacial score (nSPS) is 19.7. The van der Waals surface area contributed by atoms with Gasteiger partial charge in [0.2, 0.25) is 5.91 Å². The lowest BCUT2D eigenvalue weighted by molar-refractivity contribution is -0.129. The maximum atomic E-state index is 12.3. The zero-order valence-corrected chi connectivity index (χ0v) is 14.8. The first-order chi connectivity index (χ1) is 10.8. The van der Waals surface area contributed by atoms with E-state index in [1.807, 2.05) is 29.8 Å². The van der Waals surface area contributed by atoms with Crippen molar-refractivity contribution in [1.29, 1.82) is 0 Å². The van der Waals surface area contributed by atoms with Crippen LogP contribution < -0.4 is 10.6 Å². The van der Waals surface area contributed by atoms with Crippen LogP contribution in [0.25, 0.3) is 5.82 Å². The lowest BCUT2D eigenvalue weighted by atomic mass is 10.1. The summed E-state index contributed by atoms with van der Waals surface area (Å²) in [7, 11) is 0. The van der Waals surface area contributed by atoms with Crippen molar-refractivity contribution >= 4 is 30.7 Å². The quantitative estimate of drug-likeness (QED) is 0.838. The van der Waals surface area contributed by atoms with E-state index in [-0.39, 0.29) is 42.9 Å². The summed E-state index contributed by atoms with van der Waals surface area (Å²) < 4.78 is 7.32. The summed E-state index contributed by atoms with van der Waals surface area (Å²) in [5.41, 5.74) is 0.929. The number of hydrogen-bond donors (Lipinski definition) is 2. The van der Waals surface area contributed by atoms with Crippen LogP contribution in [-0.4, -0.2) is 45.7 Å². The van der Waals surface area contributed by atoms with E-state index in [1.165, 1.54) is 0 Å². The Morgan fingerprint density at radius 1 is 1.46 bits per heavy atom. The molecule has 0 aliphatic carbocycles. The number of ether oxygens (including phenoxy) is 1. The van der Waals surface area contributed by atoms with Gasteiger partial charge in [0.05, 0.1) is 12.7 Å². The van der Waals surface area contributed by atoms with Gasteiger partial charge >= 0.3 is 0 Å². The van der Waals surface area contributed by atoms with Crippen LogP contribution in [0.1, 0.15) is 12.5 Å². The van der Waals surface area contributed by atoms with Gasteiger partial charge in [-0.3, -0.25) is 9.36 Å². The molecule has 0 radical (unpaired) electrons. The Balaban J connectivity index is 0.00000144. The third-order valence-electron chi connectivity index (χ3n) is 3.67. The number of rotatable bonds is 4. The average molecular weight is 374 g/mol. The standard InChI is InChI=1S/C15H19N5O2.2ClH/c1-11-13(17-6-8-22-11)15(21)19-9-12-3-2-4-18-14(12)20-7-5-16-10-20;;/h2-5,7,10-11,13,17H,6,8-9H2,1H3,(H,19,21);2*1H/t11-,13+;;/m1../s1. The molecule has 132 valence electrons. The molecule has 0 aromatic carbocycles. The van der Waals surface area contributed by atoms with Gasteiger partial charge < -0.3 is 15.4 Å². The van der Waals surface area contributed by atoms with Gasteiger partial charge in [-0.2, -0.15) is 0 Å². The minimum atomic E-state index is -0.317. The molecule has 3 heterocycles. The number of aromatic nitrogens is 3. The van der Waals surface area contributed by atoms with Crippen LogP contribution in [0, 0.1) is 0 Å². The molecule has 0 spiro atoms. The van der Waals surface area contributed by atoms with Gasteiger partial charge in [-0.05, 0) is 13.0 Å². The Morgan fingerprint density at radius 2 is 2.29 bits per heavy atom. The molecule has 1 saturated heterocycles. The van der Waals surface area contributed by atoms with Crippen molar-refractivity contribution < 1.29 is 9.53 Å². The maximum absolute atomic E-state index is 12.3. The van der Waals surface area contributed by atoms with Gasteiger partial charge in [-0.15, -0.1) is 24.8 Å². The third-order valence-corrected chi connectivity index (χ3v) is 3.67. The fraction of sp³-hybridized carbons (Fsp3) is 0.400. The van der Waals surface area contributed by atoms with Crippen molar-refractivity contribution in [2.24, 2.45) is 0 Å². The fourth-order valence-corrected chi connectivity index (χ4v) is 2.50. The third kappa shape index (κ3) is 4.67. The Morgan fingerprint density at radius 3 is 3.00 bits per heavy atom. The molecular formula is C15H21Cl2N5O2. The van der Waals surface area contributed by atoms with Gasteiger partial charge in [-0.25, -0.2) is 9.97 Å². The van der Waals surface area contributed by atoms with E-state index >= 15 is 0 Å². The summed E-state index contributed by atoms with van der Waals surface area (Å²) in [5.74, 6) is 0.703. The van der Waals surface area contributed by atoms with Crippen molar-refractivity contribution in [3.05, 3.63) is 42.6 Å². The number of nitrogens with zero attached hydrogens (tertiary/aromatic N) is 3. The number of pyridine rings is 1. The van der Waals surface area contributed by atoms with Crippen molar-refractivity contribution in [2.45, 2.75) is 25.6 Å². The van der Waals surface area contributed by atoms with Gasteiger partial charge in [0, 0.05) is 37.2 Å². The predicted molar refractivity (Wildman–Crippen MR) is 94.9 cm³/mol. The highest BCUT2D eigenvalue weighted by Crippen LogP contribution is 2.11. The first-order valence-corrected chi connectivity index (χ1v) is 7.30. The highest BCUT2D eigenvalue weighted by Gasteiger charge is 2.28. The molecule has 2 aromatic rings. The Hall–Kier alpha value is -1.67. The fourth-order valence-electron chi connectivity index (χ4n) is 2.50. The Kier molecular flexibility index (Phi) is 8.14. The summed E-state index contributed by atoms with van der Waals surface area (Å²) >= 11 is 0. The second kappa shape index (κ2) is 9.58. The van der Waals surface area contributed by atoms with E-state index < -0.39 is 0 Å². The molecular weight excluding hydrogens is 353 g/mol. The molecule has 1 fully saturated rings. The van der Waals surface area contributed by atoms with Gasteiger partial charge in [0.25, 0.3) is 0 Å². The van der Waals surface area contributed by atoms with E-state index in [2.05, 4.69) is 20.6 Å². The van der Waals surface area contributed by atoms with E-state index in [4.69, 9.17) is 4.74 Å². The van der Waals surface area contributed by atoms with Crippen molar-refractivity contribution in [3.8, 4) is 5.82 Å². The second-order valence-corrected chi connectivity index (χ2v) is 5.18. The number of morpholine rings is 1. The van der Waals surface area contributed by atoms with Crippen LogP contribution in [0.2, 0.25) is 0 Å². The molecule has 2 aromatic heterocycles. The topological polar surface area (TPSA) is 81.1 Å². The molecule has 7 nitrogen and oxygen atoms in total. The molecule has 9 heteroatoms. The zero-order valence-electron chi connectivity index (χ0n) is 13.2. The number of imidazole rings is 1. The van der Waals surface area contributed by atoms with Crippen molar-refractivity contribution in [2.75, 3.05) is 13.2 Å². The summed E-state index contributed by atoms with van der Waals surface area (Å²) in [6.45, 7) is 3.64. The van der Waals surface area contributed by atoms with E-state index in [0.29, 0.717) is 19.7 Å². The minimum Gasteiger partial charge on any atom is -0.375 e. The lowest BCUT2D eigenvalue weighted by Crippen LogP contribution is -2.55. The van der Waals surface area contributed by atoms with Crippen LogP contribution in [0.5, 0.6) is 0 Å². The number of amides is 1. The molecule has 1 aliphatic heterocycles. The number of hydrogen-bond acceptors (Lipinski definition) is 5. The average Bonchev–Trinajstić information content (AvgIpc) is 3.07. The number of nitrogens with one attached hydrogen (secondary N) is 2. The van der Waals surface area contributed by atoms with E-state index in [0.717, 1.165) is 11.4 Å². The first-order valence-electron chi connectivity index (χ1n) is 7.30. The summed E-state index contributed by atoms with van der Waals surface area (Å²) in [6.07, 6.45) is 6.80. The number of carbonyl (C=O) groups excluding carboxylic acids is 1. The Labute approximate surface area is 153 Å². The number of carbonyl (C=O) groups is 1. The smallest absolute Gasteiger partial charge is 0.240 e. The van der Waals surface area contributed by atoms with Crippen LogP contribution >= 0.6 is 24.8 Å². The van der Waals surface area contributed by atoms with Crippen molar-refractivity contribution in [3.63, 3.8) is 0 Å². The molecule has 2 N–H and O–H groups in total. The van der Waals surface area contributed by atoms with Crippen LogP contribution in [0.15, 0.2) is 37.1 Å². The minimum absolute atomic E-state index is 0. The molecule has 24 heavy (non-hydrogen) atoms. The largest absolute Gasteiger partial charge is 0.375 e. The molecule has 0 unspecified atom stereocenters. The molecule has 2 atom stereocenters. The monoisotopic (exact) mass is 373 g/mol. The van der Waals surface area contributed by atoms with E-state index in [1.54, 1.807) is 18.7 Å². The lowest BCUT2D eigenvalue weighted by Gasteiger charge is -2.29. The van der Waals surface area contributed by atoms with Crippen LogP contribution in [0.4, 0.5) is 0 Å². The van der Waals surface area contributed by atoms with Gasteiger partial charge in [0.15, 0.2) is 0 Å². The summed E-state index contributed by atoms with van der Waals surface area (Å²) in [4.78, 5) is 20.7. The van der Waals surface area contributed by atoms with Crippen molar-refractivity contribution in [1.82, 2.24) is 25.2 Å². The maximum Gasteiger partial charge on any atom is 0.240 e. The summed E-state index contributed by atoms with van der Waals surface area (Å²) in [5, 5.41) is 6.13. The molecule has 3 rings (SSSR count). The Bertz CT molecular complexity index is 639. The highest BCUT2D eigenvalue weighted by molar-refractivity contribution is 5.85. The second-order valence-electron chi connectivity index (χ2n) is 5.18.